The second-order valence-corrected chi connectivity index (χ2v) is 2.70. The number of rotatable bonds is 6. The molecule has 0 spiro atoms. The smallest absolute Gasteiger partial charge is 0.0897 e. The quantitative estimate of drug-likeness (QED) is 0.542. The van der Waals surface area contributed by atoms with Crippen LogP contribution in [0.2, 0.25) is 0 Å². The number of hydrogen-bond acceptors (Lipinski definition) is 3. The third kappa shape index (κ3) is 7.52. The van der Waals surface area contributed by atoms with Crippen LogP contribution in [-0.4, -0.2) is 38.0 Å². The van der Waals surface area contributed by atoms with Gasteiger partial charge in [0.25, 0.3) is 0 Å². The van der Waals surface area contributed by atoms with Crippen molar-refractivity contribution in [3.8, 4) is 0 Å². The average molecular weight is 159 g/mol. The summed E-state index contributed by atoms with van der Waals surface area (Å²) in [6, 6.07) is 0. The maximum absolute atomic E-state index is 9.14. The second-order valence-electron chi connectivity index (χ2n) is 2.70. The molecule has 0 amide bonds. The molecular formula is C8H17NO2. The van der Waals surface area contributed by atoms with E-state index >= 15 is 0 Å². The van der Waals surface area contributed by atoms with Crippen molar-refractivity contribution in [2.45, 2.75) is 13.0 Å². The van der Waals surface area contributed by atoms with Crippen LogP contribution < -0.4 is 5.32 Å². The molecule has 1 atom stereocenters. The molecule has 1 unspecified atom stereocenters. The van der Waals surface area contributed by atoms with E-state index in [0.29, 0.717) is 13.2 Å². The molecule has 3 heteroatoms. The van der Waals surface area contributed by atoms with Crippen molar-refractivity contribution in [2.24, 2.45) is 0 Å². The van der Waals surface area contributed by atoms with Gasteiger partial charge in [-0.15, -0.1) is 0 Å². The number of methoxy groups -OCH3 is 1. The third-order valence-corrected chi connectivity index (χ3v) is 1.17. The van der Waals surface area contributed by atoms with Crippen LogP contribution in [0.1, 0.15) is 6.92 Å². The Bertz CT molecular complexity index is 115. The lowest BCUT2D eigenvalue weighted by molar-refractivity contribution is 0.0651. The maximum atomic E-state index is 9.14. The molecule has 0 aliphatic rings. The minimum Gasteiger partial charge on any atom is -0.389 e. The highest BCUT2D eigenvalue weighted by Crippen LogP contribution is 1.84. The largest absolute Gasteiger partial charge is 0.389 e. The Hall–Kier alpha value is -0.380. The predicted octanol–water partition coefficient (Wildman–Crippen LogP) is 0.159. The van der Waals surface area contributed by atoms with Crippen molar-refractivity contribution in [2.75, 3.05) is 26.8 Å². The number of aliphatic hydroxyl groups excluding tert-OH is 1. The lowest BCUT2D eigenvalue weighted by atomic mass is 10.3. The van der Waals surface area contributed by atoms with Gasteiger partial charge >= 0.3 is 0 Å². The van der Waals surface area contributed by atoms with Crippen LogP contribution in [0, 0.1) is 0 Å². The van der Waals surface area contributed by atoms with Gasteiger partial charge in [-0.1, -0.05) is 12.2 Å². The summed E-state index contributed by atoms with van der Waals surface area (Å²) in [5.74, 6) is 0. The minimum absolute atomic E-state index is 0.378. The Morgan fingerprint density at radius 1 is 1.73 bits per heavy atom. The highest BCUT2D eigenvalue weighted by atomic mass is 16.5. The number of ether oxygens (including phenoxy) is 1. The molecule has 0 fully saturated rings. The van der Waals surface area contributed by atoms with Gasteiger partial charge in [0, 0.05) is 20.2 Å². The molecule has 0 rings (SSSR count). The standard InChI is InChI=1S/C8H17NO2/c1-7(2)4-9-5-8(10)6-11-3/h8-10H,1,4-6H2,2-3H3. The fourth-order valence-corrected chi connectivity index (χ4v) is 0.703. The SMILES string of the molecule is C=C(C)CNCC(O)COC. The van der Waals surface area contributed by atoms with Gasteiger partial charge in [-0.3, -0.25) is 0 Å². The van der Waals surface area contributed by atoms with E-state index in [2.05, 4.69) is 11.9 Å². The fourth-order valence-electron chi connectivity index (χ4n) is 0.703. The van der Waals surface area contributed by atoms with Crippen LogP contribution in [-0.2, 0) is 4.74 Å². The summed E-state index contributed by atoms with van der Waals surface area (Å²) in [5.41, 5.74) is 1.06. The minimum atomic E-state index is -0.417. The van der Waals surface area contributed by atoms with Gasteiger partial charge in [-0.25, -0.2) is 0 Å². The van der Waals surface area contributed by atoms with Crippen LogP contribution in [0.3, 0.4) is 0 Å². The zero-order valence-electron chi connectivity index (χ0n) is 7.26. The molecule has 0 saturated heterocycles. The summed E-state index contributed by atoms with van der Waals surface area (Å²) in [5, 5.41) is 12.2. The van der Waals surface area contributed by atoms with Crippen LogP contribution in [0.4, 0.5) is 0 Å². The third-order valence-electron chi connectivity index (χ3n) is 1.17. The topological polar surface area (TPSA) is 41.5 Å². The average Bonchev–Trinajstić information content (AvgIpc) is 1.87. The lowest BCUT2D eigenvalue weighted by Gasteiger charge is -2.09. The Kier molecular flexibility index (Phi) is 6.12. The van der Waals surface area contributed by atoms with E-state index in [4.69, 9.17) is 9.84 Å². The van der Waals surface area contributed by atoms with Crippen LogP contribution in [0.15, 0.2) is 12.2 Å². The number of aliphatic hydroxyl groups is 1. The summed E-state index contributed by atoms with van der Waals surface area (Å²) in [4.78, 5) is 0. The summed E-state index contributed by atoms with van der Waals surface area (Å²) >= 11 is 0. The van der Waals surface area contributed by atoms with E-state index in [9.17, 15) is 0 Å². The van der Waals surface area contributed by atoms with Gasteiger partial charge in [-0.05, 0) is 6.92 Å². The molecule has 0 saturated carbocycles. The molecule has 0 aliphatic heterocycles. The van der Waals surface area contributed by atoms with Crippen LogP contribution in [0.5, 0.6) is 0 Å². The maximum Gasteiger partial charge on any atom is 0.0897 e. The molecule has 0 aromatic carbocycles. The van der Waals surface area contributed by atoms with E-state index in [1.807, 2.05) is 6.92 Å². The molecule has 0 aromatic heterocycles. The molecule has 0 heterocycles. The Morgan fingerprint density at radius 3 is 2.82 bits per heavy atom. The van der Waals surface area contributed by atoms with Crippen LogP contribution in [0.25, 0.3) is 0 Å². The van der Waals surface area contributed by atoms with E-state index in [1.165, 1.54) is 0 Å². The molecule has 0 aromatic rings. The van der Waals surface area contributed by atoms with Crippen molar-refractivity contribution in [1.82, 2.24) is 5.32 Å². The zero-order valence-corrected chi connectivity index (χ0v) is 7.26. The molecule has 0 radical (unpaired) electrons. The fraction of sp³-hybridized carbons (Fsp3) is 0.750. The number of nitrogens with one attached hydrogen (secondary N) is 1. The van der Waals surface area contributed by atoms with Gasteiger partial charge in [0.15, 0.2) is 0 Å². The first-order valence-electron chi connectivity index (χ1n) is 3.69. The van der Waals surface area contributed by atoms with E-state index in [-0.39, 0.29) is 0 Å². The van der Waals surface area contributed by atoms with Crippen molar-refractivity contribution >= 4 is 0 Å². The van der Waals surface area contributed by atoms with Crippen molar-refractivity contribution < 1.29 is 9.84 Å². The molecule has 3 nitrogen and oxygen atoms in total. The molecule has 66 valence electrons. The van der Waals surface area contributed by atoms with Gasteiger partial charge in [0.1, 0.15) is 0 Å². The first-order valence-corrected chi connectivity index (χ1v) is 3.69. The van der Waals surface area contributed by atoms with Crippen molar-refractivity contribution in [1.29, 1.82) is 0 Å². The molecule has 0 aliphatic carbocycles. The summed E-state index contributed by atoms with van der Waals surface area (Å²) < 4.78 is 4.75. The van der Waals surface area contributed by atoms with E-state index in [0.717, 1.165) is 12.1 Å². The van der Waals surface area contributed by atoms with E-state index in [1.54, 1.807) is 7.11 Å². The van der Waals surface area contributed by atoms with Crippen molar-refractivity contribution in [3.05, 3.63) is 12.2 Å². The highest BCUT2D eigenvalue weighted by Gasteiger charge is 2.00. The first kappa shape index (κ1) is 10.6. The lowest BCUT2D eigenvalue weighted by Crippen LogP contribution is -2.30. The van der Waals surface area contributed by atoms with Gasteiger partial charge < -0.3 is 15.2 Å². The molecule has 0 bridgehead atoms. The summed E-state index contributed by atoms with van der Waals surface area (Å²) in [6.45, 7) is 7.35. The molecule has 11 heavy (non-hydrogen) atoms. The monoisotopic (exact) mass is 159 g/mol. The summed E-state index contributed by atoms with van der Waals surface area (Å²) in [7, 11) is 1.57. The Balaban J connectivity index is 3.16. The van der Waals surface area contributed by atoms with Gasteiger partial charge in [0.2, 0.25) is 0 Å². The van der Waals surface area contributed by atoms with Gasteiger partial charge in [0.05, 0.1) is 12.7 Å². The zero-order chi connectivity index (χ0) is 8.69. The van der Waals surface area contributed by atoms with Crippen LogP contribution >= 0.6 is 0 Å². The Labute approximate surface area is 68.1 Å². The summed E-state index contributed by atoms with van der Waals surface area (Å²) in [6.07, 6.45) is -0.417. The molecule has 2 N–H and O–H groups in total. The van der Waals surface area contributed by atoms with Gasteiger partial charge in [-0.2, -0.15) is 0 Å². The van der Waals surface area contributed by atoms with E-state index < -0.39 is 6.10 Å². The second kappa shape index (κ2) is 6.34. The number of hydrogen-bond donors (Lipinski definition) is 2. The highest BCUT2D eigenvalue weighted by molar-refractivity contribution is 4.90. The van der Waals surface area contributed by atoms with Crippen molar-refractivity contribution in [3.63, 3.8) is 0 Å². The first-order chi connectivity index (χ1) is 5.16. The molecular weight excluding hydrogens is 142 g/mol. The Morgan fingerprint density at radius 2 is 2.36 bits per heavy atom. The normalized spacial score (nSPS) is 13.0. The predicted molar refractivity (Wildman–Crippen MR) is 45.6 cm³/mol.